The van der Waals surface area contributed by atoms with E-state index in [1.54, 1.807) is 0 Å². The molecule has 2 saturated heterocycles. The molecule has 1 heteroatoms. The van der Waals surface area contributed by atoms with Crippen LogP contribution in [0.4, 0.5) is 0 Å². The number of rotatable bonds is 1. The van der Waals surface area contributed by atoms with Gasteiger partial charge in [0, 0.05) is 12.3 Å². The minimum Gasteiger partial charge on any atom is -0.374 e. The van der Waals surface area contributed by atoms with Crippen molar-refractivity contribution in [2.24, 2.45) is 5.92 Å². The van der Waals surface area contributed by atoms with Gasteiger partial charge in [0.15, 0.2) is 0 Å². The van der Waals surface area contributed by atoms with Gasteiger partial charge in [0.25, 0.3) is 0 Å². The molecule has 3 unspecified atom stereocenters. The van der Waals surface area contributed by atoms with Gasteiger partial charge in [-0.3, -0.25) is 0 Å². The minimum atomic E-state index is 0.543. The van der Waals surface area contributed by atoms with E-state index in [4.69, 9.17) is 4.74 Å². The van der Waals surface area contributed by atoms with Gasteiger partial charge >= 0.3 is 0 Å². The van der Waals surface area contributed by atoms with Gasteiger partial charge < -0.3 is 4.74 Å². The predicted octanol–water partition coefficient (Wildman–Crippen LogP) is 2.77. The highest BCUT2D eigenvalue weighted by Gasteiger charge is 2.39. The number of hydrogen-bond donors (Lipinski definition) is 0. The minimum absolute atomic E-state index is 0.543. The molecule has 0 amide bonds. The quantitative estimate of drug-likeness (QED) is 0.528. The van der Waals surface area contributed by atoms with Gasteiger partial charge in [-0.1, -0.05) is 19.9 Å². The molecule has 0 aromatic heterocycles. The average molecular weight is 154 g/mol. The van der Waals surface area contributed by atoms with Gasteiger partial charge in [0.1, 0.15) is 0 Å². The lowest BCUT2D eigenvalue weighted by Crippen LogP contribution is -2.46. The van der Waals surface area contributed by atoms with Crippen LogP contribution in [0.3, 0.4) is 0 Å². The summed E-state index contributed by atoms with van der Waals surface area (Å²) in [6.45, 7) is 7.78. The highest BCUT2D eigenvalue weighted by Crippen LogP contribution is 2.38. The average Bonchev–Trinajstić information content (AvgIpc) is 2.07. The Hall–Kier alpha value is -0.300. The van der Waals surface area contributed by atoms with Gasteiger partial charge in [0.05, 0.1) is 12.2 Å². The largest absolute Gasteiger partial charge is 0.374 e. The van der Waals surface area contributed by atoms with Crippen molar-refractivity contribution < 1.29 is 4.74 Å². The first kappa shape index (κ1) is 8.79. The van der Waals surface area contributed by atoms with Crippen LogP contribution in [-0.4, -0.2) is 12.2 Å². The third kappa shape index (κ3) is 1.64. The normalized spacial score (nSPS) is 39.6. The van der Waals surface area contributed by atoms with E-state index in [1.807, 2.05) is 19.9 Å². The molecular formula is C10H18O. The monoisotopic (exact) mass is 154 g/mol. The summed E-state index contributed by atoms with van der Waals surface area (Å²) in [5.74, 6) is 0.662. The first-order chi connectivity index (χ1) is 5.40. The molecule has 3 fully saturated rings. The van der Waals surface area contributed by atoms with Crippen LogP contribution in [0, 0.1) is 5.92 Å². The lowest BCUT2D eigenvalue weighted by atomic mass is 9.80. The summed E-state index contributed by atoms with van der Waals surface area (Å²) in [7, 11) is 0. The summed E-state index contributed by atoms with van der Waals surface area (Å²) >= 11 is 0. The standard InChI is InChI=1S/C8H12O.C2H6/c1-2-6-3-4-7-5-8(6)9-7;1-2/h2,6-8H,1,3-5H2;1-2H3. The molecule has 1 aliphatic carbocycles. The molecule has 0 radical (unpaired) electrons. The van der Waals surface area contributed by atoms with E-state index in [-0.39, 0.29) is 0 Å². The van der Waals surface area contributed by atoms with Crippen LogP contribution in [0.15, 0.2) is 12.7 Å². The number of hydrogen-bond acceptors (Lipinski definition) is 1. The molecule has 1 nitrogen and oxygen atoms in total. The molecule has 1 saturated carbocycles. The van der Waals surface area contributed by atoms with Crippen molar-refractivity contribution in [3.8, 4) is 0 Å². The SMILES string of the molecule is C=CC1CCC2CC1O2.CC. The zero-order valence-corrected chi connectivity index (χ0v) is 7.55. The Morgan fingerprint density at radius 3 is 2.27 bits per heavy atom. The predicted molar refractivity (Wildman–Crippen MR) is 47.5 cm³/mol. The molecule has 2 heterocycles. The zero-order valence-electron chi connectivity index (χ0n) is 7.55. The van der Waals surface area contributed by atoms with Crippen molar-refractivity contribution in [3.05, 3.63) is 12.7 Å². The van der Waals surface area contributed by atoms with Crippen LogP contribution in [-0.2, 0) is 4.74 Å². The molecule has 3 atom stereocenters. The summed E-state index contributed by atoms with van der Waals surface area (Å²) in [5, 5.41) is 0. The van der Waals surface area contributed by atoms with E-state index >= 15 is 0 Å². The second kappa shape index (κ2) is 3.91. The highest BCUT2D eigenvalue weighted by molar-refractivity contribution is 4.96. The van der Waals surface area contributed by atoms with Crippen molar-refractivity contribution in [2.45, 2.75) is 45.3 Å². The lowest BCUT2D eigenvalue weighted by Gasteiger charge is -2.45. The maximum atomic E-state index is 5.51. The van der Waals surface area contributed by atoms with Crippen molar-refractivity contribution in [1.82, 2.24) is 0 Å². The zero-order chi connectivity index (χ0) is 8.27. The Morgan fingerprint density at radius 1 is 1.36 bits per heavy atom. The maximum absolute atomic E-state index is 5.51. The first-order valence-corrected chi connectivity index (χ1v) is 4.68. The van der Waals surface area contributed by atoms with E-state index in [0.717, 1.165) is 0 Å². The Labute approximate surface area is 69.4 Å². The first-order valence-electron chi connectivity index (χ1n) is 4.68. The fourth-order valence-corrected chi connectivity index (χ4v) is 1.79. The smallest absolute Gasteiger partial charge is 0.0666 e. The molecule has 11 heavy (non-hydrogen) atoms. The summed E-state index contributed by atoms with van der Waals surface area (Å²) in [5.41, 5.74) is 0. The van der Waals surface area contributed by atoms with Crippen LogP contribution in [0.2, 0.25) is 0 Å². The summed E-state index contributed by atoms with van der Waals surface area (Å²) in [6.07, 6.45) is 7.05. The third-order valence-electron chi connectivity index (χ3n) is 2.46. The fraction of sp³-hybridized carbons (Fsp3) is 0.800. The van der Waals surface area contributed by atoms with Crippen LogP contribution < -0.4 is 0 Å². The second-order valence-electron chi connectivity index (χ2n) is 3.01. The maximum Gasteiger partial charge on any atom is 0.0666 e. The Kier molecular flexibility index (Phi) is 3.13. The molecule has 0 aromatic rings. The number of fused-ring (bicyclic) bond motifs is 2. The van der Waals surface area contributed by atoms with Gasteiger partial charge in [-0.15, -0.1) is 6.58 Å². The molecular weight excluding hydrogens is 136 g/mol. The van der Waals surface area contributed by atoms with E-state index < -0.39 is 0 Å². The van der Waals surface area contributed by atoms with Gasteiger partial charge in [0.2, 0.25) is 0 Å². The van der Waals surface area contributed by atoms with E-state index in [0.29, 0.717) is 18.1 Å². The summed E-state index contributed by atoms with van der Waals surface area (Å²) in [6, 6.07) is 0. The van der Waals surface area contributed by atoms with Crippen molar-refractivity contribution in [2.75, 3.05) is 0 Å². The van der Waals surface area contributed by atoms with Crippen molar-refractivity contribution in [1.29, 1.82) is 0 Å². The topological polar surface area (TPSA) is 9.23 Å². The highest BCUT2D eigenvalue weighted by atomic mass is 16.5. The van der Waals surface area contributed by atoms with Gasteiger partial charge in [-0.2, -0.15) is 0 Å². The molecule has 2 bridgehead atoms. The van der Waals surface area contributed by atoms with Gasteiger partial charge in [-0.05, 0) is 12.8 Å². The molecule has 3 aliphatic rings. The van der Waals surface area contributed by atoms with E-state index in [9.17, 15) is 0 Å². The van der Waals surface area contributed by atoms with Crippen LogP contribution in [0.1, 0.15) is 33.1 Å². The van der Waals surface area contributed by atoms with E-state index in [2.05, 4.69) is 6.58 Å². The van der Waals surface area contributed by atoms with Crippen LogP contribution >= 0.6 is 0 Å². The molecule has 0 spiro atoms. The van der Waals surface area contributed by atoms with E-state index in [1.165, 1.54) is 19.3 Å². The summed E-state index contributed by atoms with van der Waals surface area (Å²) in [4.78, 5) is 0. The third-order valence-corrected chi connectivity index (χ3v) is 2.46. The Morgan fingerprint density at radius 2 is 2.00 bits per heavy atom. The van der Waals surface area contributed by atoms with Gasteiger partial charge in [-0.25, -0.2) is 0 Å². The number of ether oxygens (including phenoxy) is 1. The van der Waals surface area contributed by atoms with Crippen LogP contribution in [0.5, 0.6) is 0 Å². The molecule has 0 N–H and O–H groups in total. The molecule has 64 valence electrons. The molecule has 2 aliphatic heterocycles. The Bertz CT molecular complexity index is 122. The van der Waals surface area contributed by atoms with Crippen molar-refractivity contribution in [3.63, 3.8) is 0 Å². The fourth-order valence-electron chi connectivity index (χ4n) is 1.79. The van der Waals surface area contributed by atoms with Crippen molar-refractivity contribution >= 4 is 0 Å². The second-order valence-corrected chi connectivity index (χ2v) is 3.01. The Balaban J connectivity index is 0.000000281. The lowest BCUT2D eigenvalue weighted by molar-refractivity contribution is -0.175. The van der Waals surface area contributed by atoms with Crippen LogP contribution in [0.25, 0.3) is 0 Å². The summed E-state index contributed by atoms with van der Waals surface area (Å²) < 4.78 is 5.51. The molecule has 3 rings (SSSR count). The molecule has 0 aromatic carbocycles.